The number of benzene rings is 2. The molecule has 2 aromatic carbocycles. The van der Waals surface area contributed by atoms with Crippen LogP contribution in [0.1, 0.15) is 19.4 Å². The number of hydrogen-bond acceptors (Lipinski definition) is 4. The molecule has 1 amide bonds. The molecule has 0 aromatic heterocycles. The van der Waals surface area contributed by atoms with Crippen LogP contribution in [-0.2, 0) is 11.3 Å². The Morgan fingerprint density at radius 1 is 1.13 bits per heavy atom. The monoisotopic (exact) mass is 314 g/mol. The van der Waals surface area contributed by atoms with Crippen molar-refractivity contribution in [3.05, 3.63) is 54.1 Å². The molecule has 0 spiro atoms. The molecule has 0 aliphatic rings. The van der Waals surface area contributed by atoms with Gasteiger partial charge in [0.1, 0.15) is 12.4 Å². The van der Waals surface area contributed by atoms with E-state index in [1.807, 2.05) is 56.3 Å². The van der Waals surface area contributed by atoms with Gasteiger partial charge in [-0.15, -0.1) is 0 Å². The number of hydrogen-bond donors (Lipinski definition) is 3. The van der Waals surface area contributed by atoms with Gasteiger partial charge in [0.2, 0.25) is 5.91 Å². The van der Waals surface area contributed by atoms with Crippen LogP contribution in [0.2, 0.25) is 0 Å². The van der Waals surface area contributed by atoms with Gasteiger partial charge < -0.3 is 20.5 Å². The lowest BCUT2D eigenvalue weighted by Gasteiger charge is -2.15. The molecule has 0 saturated carbocycles. The maximum Gasteiger partial charge on any atom is 0.250 e. The van der Waals surface area contributed by atoms with Gasteiger partial charge in [-0.3, -0.25) is 4.79 Å². The topological polar surface area (TPSA) is 70.6 Å². The Kier molecular flexibility index (Phi) is 6.00. The second kappa shape index (κ2) is 8.19. The summed E-state index contributed by atoms with van der Waals surface area (Å²) in [7, 11) is 0. The summed E-state index contributed by atoms with van der Waals surface area (Å²) in [6, 6.07) is 15.2. The van der Waals surface area contributed by atoms with Crippen molar-refractivity contribution in [1.29, 1.82) is 0 Å². The van der Waals surface area contributed by atoms with Gasteiger partial charge in [0.15, 0.2) is 0 Å². The molecule has 0 radical (unpaired) electrons. The second-order valence-corrected chi connectivity index (χ2v) is 5.41. The molecule has 0 heterocycles. The van der Waals surface area contributed by atoms with Crippen molar-refractivity contribution in [3.63, 3.8) is 0 Å². The molecule has 0 fully saturated rings. The third-order valence-electron chi connectivity index (χ3n) is 3.11. The summed E-state index contributed by atoms with van der Waals surface area (Å²) in [5.41, 5.74) is 2.58. The van der Waals surface area contributed by atoms with Gasteiger partial charge in [0.05, 0.1) is 6.10 Å². The van der Waals surface area contributed by atoms with Gasteiger partial charge in [-0.1, -0.05) is 24.3 Å². The van der Waals surface area contributed by atoms with Crippen molar-refractivity contribution in [1.82, 2.24) is 0 Å². The summed E-state index contributed by atoms with van der Waals surface area (Å²) in [6.45, 7) is 4.08. The number of nitrogens with one attached hydrogen (secondary N) is 2. The van der Waals surface area contributed by atoms with E-state index in [9.17, 15) is 4.79 Å². The Hall–Kier alpha value is -2.53. The average molecular weight is 314 g/mol. The van der Waals surface area contributed by atoms with Crippen LogP contribution in [0.15, 0.2) is 48.5 Å². The lowest BCUT2D eigenvalue weighted by Crippen LogP contribution is -2.15. The SMILES string of the molecule is CC(C)Oc1ccccc1CNc1cccc(NC(=O)CO)c1. The number of ether oxygens (including phenoxy) is 1. The fourth-order valence-corrected chi connectivity index (χ4v) is 2.12. The predicted octanol–water partition coefficient (Wildman–Crippen LogP) is 3.02. The number of carbonyl (C=O) groups is 1. The van der Waals surface area contributed by atoms with E-state index in [0.717, 1.165) is 17.0 Å². The zero-order chi connectivity index (χ0) is 16.7. The van der Waals surface area contributed by atoms with Gasteiger partial charge in [0, 0.05) is 23.5 Å². The fourth-order valence-electron chi connectivity index (χ4n) is 2.12. The molecule has 0 aliphatic carbocycles. The van der Waals surface area contributed by atoms with Gasteiger partial charge in [0.25, 0.3) is 0 Å². The number of aliphatic hydroxyl groups is 1. The van der Waals surface area contributed by atoms with Crippen LogP contribution in [0, 0.1) is 0 Å². The molecule has 5 nitrogen and oxygen atoms in total. The number of para-hydroxylation sites is 1. The minimum Gasteiger partial charge on any atom is -0.491 e. The van der Waals surface area contributed by atoms with E-state index in [1.165, 1.54) is 0 Å². The Bertz CT molecular complexity index is 656. The van der Waals surface area contributed by atoms with Crippen molar-refractivity contribution < 1.29 is 14.6 Å². The van der Waals surface area contributed by atoms with Crippen LogP contribution >= 0.6 is 0 Å². The lowest BCUT2D eigenvalue weighted by atomic mass is 10.2. The highest BCUT2D eigenvalue weighted by Crippen LogP contribution is 2.22. The molecular formula is C18H22N2O3. The number of carbonyl (C=O) groups excluding carboxylic acids is 1. The minimum atomic E-state index is -0.530. The number of aliphatic hydroxyl groups excluding tert-OH is 1. The molecule has 0 atom stereocenters. The van der Waals surface area contributed by atoms with Crippen molar-refractivity contribution >= 4 is 17.3 Å². The lowest BCUT2D eigenvalue weighted by molar-refractivity contribution is -0.118. The van der Waals surface area contributed by atoms with E-state index >= 15 is 0 Å². The van der Waals surface area contributed by atoms with Gasteiger partial charge in [-0.2, -0.15) is 0 Å². The Morgan fingerprint density at radius 2 is 1.87 bits per heavy atom. The fraction of sp³-hybridized carbons (Fsp3) is 0.278. The summed E-state index contributed by atoms with van der Waals surface area (Å²) in [5, 5.41) is 14.7. The molecular weight excluding hydrogens is 292 g/mol. The van der Waals surface area contributed by atoms with E-state index in [2.05, 4.69) is 10.6 Å². The first kappa shape index (κ1) is 16.8. The normalized spacial score (nSPS) is 10.4. The van der Waals surface area contributed by atoms with Crippen LogP contribution < -0.4 is 15.4 Å². The average Bonchev–Trinajstić information content (AvgIpc) is 2.54. The highest BCUT2D eigenvalue weighted by atomic mass is 16.5. The van der Waals surface area contributed by atoms with Crippen molar-refractivity contribution in [2.24, 2.45) is 0 Å². The molecule has 0 unspecified atom stereocenters. The van der Waals surface area contributed by atoms with E-state index in [4.69, 9.17) is 9.84 Å². The molecule has 2 aromatic rings. The molecule has 2 rings (SSSR count). The Labute approximate surface area is 136 Å². The highest BCUT2D eigenvalue weighted by molar-refractivity contribution is 5.91. The first-order chi connectivity index (χ1) is 11.1. The number of rotatable bonds is 7. The van der Waals surface area contributed by atoms with Crippen molar-refractivity contribution in [3.8, 4) is 5.75 Å². The first-order valence-corrected chi connectivity index (χ1v) is 7.57. The maximum atomic E-state index is 11.2. The summed E-state index contributed by atoms with van der Waals surface area (Å²) in [5.74, 6) is 0.428. The Balaban J connectivity index is 2.04. The van der Waals surface area contributed by atoms with Crippen LogP contribution in [0.3, 0.4) is 0 Å². The van der Waals surface area contributed by atoms with E-state index in [-0.39, 0.29) is 6.10 Å². The highest BCUT2D eigenvalue weighted by Gasteiger charge is 2.05. The van der Waals surface area contributed by atoms with Crippen LogP contribution in [0.4, 0.5) is 11.4 Å². The molecule has 0 aliphatic heterocycles. The summed E-state index contributed by atoms with van der Waals surface area (Å²) >= 11 is 0. The molecule has 23 heavy (non-hydrogen) atoms. The number of anilines is 2. The standard InChI is InChI=1S/C18H22N2O3/c1-13(2)23-17-9-4-3-6-14(17)11-19-15-7-5-8-16(10-15)20-18(22)12-21/h3-10,13,19,21H,11-12H2,1-2H3,(H,20,22). The Morgan fingerprint density at radius 3 is 2.61 bits per heavy atom. The third kappa shape index (κ3) is 5.30. The predicted molar refractivity (Wildman–Crippen MR) is 91.7 cm³/mol. The third-order valence-corrected chi connectivity index (χ3v) is 3.11. The number of amides is 1. The maximum absolute atomic E-state index is 11.2. The van der Waals surface area contributed by atoms with Crippen LogP contribution in [-0.4, -0.2) is 23.7 Å². The minimum absolute atomic E-state index is 0.119. The van der Waals surface area contributed by atoms with Crippen molar-refractivity contribution in [2.45, 2.75) is 26.5 Å². The first-order valence-electron chi connectivity index (χ1n) is 7.57. The molecule has 0 saturated heterocycles. The summed E-state index contributed by atoms with van der Waals surface area (Å²) in [6.07, 6.45) is 0.119. The zero-order valence-electron chi connectivity index (χ0n) is 13.4. The van der Waals surface area contributed by atoms with E-state index in [1.54, 1.807) is 6.07 Å². The van der Waals surface area contributed by atoms with Crippen LogP contribution in [0.25, 0.3) is 0 Å². The van der Waals surface area contributed by atoms with E-state index < -0.39 is 12.5 Å². The summed E-state index contributed by atoms with van der Waals surface area (Å²) < 4.78 is 5.80. The molecule has 3 N–H and O–H groups in total. The van der Waals surface area contributed by atoms with Gasteiger partial charge in [-0.25, -0.2) is 0 Å². The van der Waals surface area contributed by atoms with Crippen molar-refractivity contribution in [2.75, 3.05) is 17.2 Å². The van der Waals surface area contributed by atoms with Gasteiger partial charge in [-0.05, 0) is 38.1 Å². The zero-order valence-corrected chi connectivity index (χ0v) is 13.4. The van der Waals surface area contributed by atoms with Gasteiger partial charge >= 0.3 is 0 Å². The molecule has 0 bridgehead atoms. The van der Waals surface area contributed by atoms with E-state index in [0.29, 0.717) is 12.2 Å². The smallest absolute Gasteiger partial charge is 0.250 e. The second-order valence-electron chi connectivity index (χ2n) is 5.41. The van der Waals surface area contributed by atoms with Crippen LogP contribution in [0.5, 0.6) is 5.75 Å². The largest absolute Gasteiger partial charge is 0.491 e. The molecule has 5 heteroatoms. The molecule has 122 valence electrons. The summed E-state index contributed by atoms with van der Waals surface area (Å²) in [4.78, 5) is 11.2. The quantitative estimate of drug-likeness (QED) is 0.735.